The molecule has 0 nitrogen and oxygen atoms in total. The molecule has 0 aliphatic rings. The van der Waals surface area contributed by atoms with Crippen LogP contribution in [-0.4, -0.2) is 0 Å². The summed E-state index contributed by atoms with van der Waals surface area (Å²) in [4.78, 5) is 2.60. The van der Waals surface area contributed by atoms with Gasteiger partial charge in [-0.25, -0.2) is 0 Å². The molecule has 0 heterocycles. The van der Waals surface area contributed by atoms with Gasteiger partial charge in [-0.2, -0.15) is 0 Å². The summed E-state index contributed by atoms with van der Waals surface area (Å²) in [5.74, 6) is 0.658. The molecule has 0 saturated heterocycles. The highest BCUT2D eigenvalue weighted by Crippen LogP contribution is 2.29. The zero-order valence-electron chi connectivity index (χ0n) is 10.4. The molecule has 0 spiro atoms. The second-order valence-electron chi connectivity index (χ2n) is 4.29. The zero-order valence-corrected chi connectivity index (χ0v) is 11.2. The van der Waals surface area contributed by atoms with Crippen LogP contribution in [0, 0.1) is 0 Å². The van der Waals surface area contributed by atoms with Crippen molar-refractivity contribution in [2.24, 2.45) is 0 Å². The average Bonchev–Trinajstić information content (AvgIpc) is 2.40. The average molecular weight is 242 g/mol. The van der Waals surface area contributed by atoms with Crippen molar-refractivity contribution in [1.82, 2.24) is 0 Å². The summed E-state index contributed by atoms with van der Waals surface area (Å²) < 4.78 is 0. The fourth-order valence-electron chi connectivity index (χ4n) is 1.72. The van der Waals surface area contributed by atoms with E-state index in [4.69, 9.17) is 0 Å². The van der Waals surface area contributed by atoms with E-state index in [0.717, 1.165) is 0 Å². The van der Waals surface area contributed by atoms with E-state index in [1.54, 1.807) is 0 Å². The Morgan fingerprint density at radius 1 is 0.882 bits per heavy atom. The van der Waals surface area contributed by atoms with Crippen LogP contribution in [0.4, 0.5) is 0 Å². The molecular formula is C16H18S. The summed E-state index contributed by atoms with van der Waals surface area (Å²) in [6.07, 6.45) is 1.20. The fraction of sp³-hybridized carbons (Fsp3) is 0.250. The van der Waals surface area contributed by atoms with E-state index in [-0.39, 0.29) is 0 Å². The summed E-state index contributed by atoms with van der Waals surface area (Å²) in [5.41, 5.74) is 1.44. The first-order chi connectivity index (χ1) is 8.29. The molecule has 1 atom stereocenters. The van der Waals surface area contributed by atoms with Crippen LogP contribution in [0.5, 0.6) is 0 Å². The second kappa shape index (κ2) is 5.92. The predicted molar refractivity (Wildman–Crippen MR) is 75.7 cm³/mol. The number of hydrogen-bond donors (Lipinski definition) is 0. The lowest BCUT2D eigenvalue weighted by Gasteiger charge is -2.09. The Labute approximate surface area is 108 Å². The van der Waals surface area contributed by atoms with E-state index in [1.807, 2.05) is 11.8 Å². The highest BCUT2D eigenvalue weighted by Gasteiger charge is 2.02. The Bertz CT molecular complexity index is 445. The normalized spacial score (nSPS) is 12.4. The van der Waals surface area contributed by atoms with Crippen molar-refractivity contribution in [2.75, 3.05) is 0 Å². The minimum absolute atomic E-state index is 0.658. The van der Waals surface area contributed by atoms with Gasteiger partial charge in [0.05, 0.1) is 0 Å². The highest BCUT2D eigenvalue weighted by molar-refractivity contribution is 7.99. The third-order valence-corrected chi connectivity index (χ3v) is 4.06. The molecule has 0 amide bonds. The van der Waals surface area contributed by atoms with Gasteiger partial charge in [0, 0.05) is 9.79 Å². The van der Waals surface area contributed by atoms with Crippen LogP contribution < -0.4 is 0 Å². The van der Waals surface area contributed by atoms with E-state index < -0.39 is 0 Å². The first-order valence-electron chi connectivity index (χ1n) is 6.12. The standard InChI is InChI=1S/C16H18S/c1-3-13(2)14-9-11-16(12-10-14)17-15-7-5-4-6-8-15/h4-13H,3H2,1-2H3. The summed E-state index contributed by atoms with van der Waals surface area (Å²) in [6, 6.07) is 19.4. The molecule has 2 aromatic carbocycles. The zero-order chi connectivity index (χ0) is 12.1. The molecule has 0 aromatic heterocycles. The minimum atomic E-state index is 0.658. The van der Waals surface area contributed by atoms with E-state index in [0.29, 0.717) is 5.92 Å². The van der Waals surface area contributed by atoms with Crippen LogP contribution in [0.3, 0.4) is 0 Å². The Hall–Kier alpha value is -1.21. The van der Waals surface area contributed by atoms with Gasteiger partial charge in [-0.05, 0) is 42.2 Å². The van der Waals surface area contributed by atoms with Gasteiger partial charge in [-0.1, -0.05) is 55.9 Å². The molecule has 0 radical (unpaired) electrons. The van der Waals surface area contributed by atoms with Crippen LogP contribution in [0.25, 0.3) is 0 Å². The van der Waals surface area contributed by atoms with E-state index in [1.165, 1.54) is 21.8 Å². The number of hydrogen-bond acceptors (Lipinski definition) is 1. The van der Waals surface area contributed by atoms with Gasteiger partial charge in [-0.15, -0.1) is 0 Å². The molecule has 1 unspecified atom stereocenters. The minimum Gasteiger partial charge on any atom is -0.0901 e. The number of rotatable bonds is 4. The quantitative estimate of drug-likeness (QED) is 0.696. The molecule has 0 bridgehead atoms. The molecule has 0 aliphatic heterocycles. The largest absolute Gasteiger partial charge is 0.0901 e. The molecule has 1 heteroatoms. The van der Waals surface area contributed by atoms with Gasteiger partial charge in [0.15, 0.2) is 0 Å². The van der Waals surface area contributed by atoms with Gasteiger partial charge >= 0.3 is 0 Å². The maximum absolute atomic E-state index is 2.28. The maximum atomic E-state index is 2.28. The third-order valence-electron chi connectivity index (χ3n) is 3.04. The van der Waals surface area contributed by atoms with Crippen LogP contribution in [0.15, 0.2) is 64.4 Å². The van der Waals surface area contributed by atoms with Crippen molar-refractivity contribution >= 4 is 11.8 Å². The third kappa shape index (κ3) is 3.37. The maximum Gasteiger partial charge on any atom is 0.0122 e. The van der Waals surface area contributed by atoms with E-state index >= 15 is 0 Å². The summed E-state index contributed by atoms with van der Waals surface area (Å²) in [7, 11) is 0. The van der Waals surface area contributed by atoms with E-state index in [9.17, 15) is 0 Å². The first-order valence-corrected chi connectivity index (χ1v) is 6.94. The van der Waals surface area contributed by atoms with Crippen molar-refractivity contribution in [3.8, 4) is 0 Å². The Morgan fingerprint density at radius 2 is 1.47 bits per heavy atom. The van der Waals surface area contributed by atoms with Crippen LogP contribution in [-0.2, 0) is 0 Å². The molecule has 17 heavy (non-hydrogen) atoms. The summed E-state index contributed by atoms with van der Waals surface area (Å²) in [5, 5.41) is 0. The van der Waals surface area contributed by atoms with Crippen LogP contribution in [0.1, 0.15) is 31.7 Å². The molecule has 2 aromatic rings. The molecule has 0 saturated carbocycles. The first kappa shape index (κ1) is 12.3. The monoisotopic (exact) mass is 242 g/mol. The Morgan fingerprint density at radius 3 is 2.06 bits per heavy atom. The van der Waals surface area contributed by atoms with Crippen molar-refractivity contribution in [1.29, 1.82) is 0 Å². The van der Waals surface area contributed by atoms with Crippen molar-refractivity contribution in [3.63, 3.8) is 0 Å². The molecule has 88 valence electrons. The summed E-state index contributed by atoms with van der Waals surface area (Å²) >= 11 is 1.82. The van der Waals surface area contributed by atoms with E-state index in [2.05, 4.69) is 68.4 Å². The van der Waals surface area contributed by atoms with Gasteiger partial charge in [-0.3, -0.25) is 0 Å². The Balaban J connectivity index is 2.08. The number of benzene rings is 2. The van der Waals surface area contributed by atoms with Gasteiger partial charge in [0.2, 0.25) is 0 Å². The highest BCUT2D eigenvalue weighted by atomic mass is 32.2. The van der Waals surface area contributed by atoms with Crippen molar-refractivity contribution < 1.29 is 0 Å². The SMILES string of the molecule is CCC(C)c1ccc(Sc2ccccc2)cc1. The lowest BCUT2D eigenvalue weighted by Crippen LogP contribution is -1.90. The summed E-state index contributed by atoms with van der Waals surface area (Å²) in [6.45, 7) is 4.51. The van der Waals surface area contributed by atoms with Gasteiger partial charge in [0.1, 0.15) is 0 Å². The van der Waals surface area contributed by atoms with Gasteiger partial charge < -0.3 is 0 Å². The molecule has 0 aliphatic carbocycles. The lowest BCUT2D eigenvalue weighted by molar-refractivity contribution is 0.733. The Kier molecular flexibility index (Phi) is 4.27. The molecule has 0 N–H and O–H groups in total. The fourth-order valence-corrected chi connectivity index (χ4v) is 2.56. The van der Waals surface area contributed by atoms with Crippen LogP contribution in [0.2, 0.25) is 0 Å². The predicted octanol–water partition coefficient (Wildman–Crippen LogP) is 5.35. The van der Waals surface area contributed by atoms with Crippen molar-refractivity contribution in [3.05, 3.63) is 60.2 Å². The molecule has 0 fully saturated rings. The smallest absolute Gasteiger partial charge is 0.0122 e. The molecular weight excluding hydrogens is 224 g/mol. The van der Waals surface area contributed by atoms with Crippen LogP contribution >= 0.6 is 11.8 Å². The van der Waals surface area contributed by atoms with Gasteiger partial charge in [0.25, 0.3) is 0 Å². The molecule has 2 rings (SSSR count). The van der Waals surface area contributed by atoms with Crippen molar-refractivity contribution in [2.45, 2.75) is 36.0 Å². The topological polar surface area (TPSA) is 0 Å². The second-order valence-corrected chi connectivity index (χ2v) is 5.44. The lowest BCUT2D eigenvalue weighted by atomic mass is 9.99.